The smallest absolute Gasteiger partial charge is 0.141 e. The molecule has 0 spiro atoms. The van der Waals surface area contributed by atoms with E-state index in [-0.39, 0.29) is 5.82 Å². The lowest BCUT2D eigenvalue weighted by Crippen LogP contribution is -1.76. The summed E-state index contributed by atoms with van der Waals surface area (Å²) in [6.45, 7) is 4.12. The number of hydrogen-bond donors (Lipinski definition) is 0. The molecule has 0 radical (unpaired) electrons. The first-order chi connectivity index (χ1) is 6.22. The Morgan fingerprint density at radius 2 is 2.15 bits per heavy atom. The van der Waals surface area contributed by atoms with Crippen molar-refractivity contribution in [1.82, 2.24) is 0 Å². The highest BCUT2D eigenvalue weighted by atomic mass is 32.1. The molecule has 1 aromatic heterocycles. The van der Waals surface area contributed by atoms with Crippen LogP contribution < -0.4 is 0 Å². The second kappa shape index (κ2) is 3.11. The SMILES string of the molecule is CCc1cc2c(C)ccc(F)c2s1. The first-order valence-electron chi connectivity index (χ1n) is 4.40. The Labute approximate surface area is 81.0 Å². The van der Waals surface area contributed by atoms with Gasteiger partial charge >= 0.3 is 0 Å². The molecule has 0 unspecified atom stereocenters. The van der Waals surface area contributed by atoms with E-state index in [2.05, 4.69) is 13.0 Å². The fourth-order valence-electron chi connectivity index (χ4n) is 1.45. The van der Waals surface area contributed by atoms with Gasteiger partial charge in [0.15, 0.2) is 0 Å². The highest BCUT2D eigenvalue weighted by Crippen LogP contribution is 2.30. The van der Waals surface area contributed by atoms with Gasteiger partial charge < -0.3 is 0 Å². The van der Waals surface area contributed by atoms with Gasteiger partial charge in [0.25, 0.3) is 0 Å². The Bertz CT molecular complexity index is 404. The molecule has 0 aliphatic heterocycles. The van der Waals surface area contributed by atoms with Crippen LogP contribution in [0.25, 0.3) is 10.1 Å². The third-order valence-corrected chi connectivity index (χ3v) is 3.54. The topological polar surface area (TPSA) is 0 Å². The van der Waals surface area contributed by atoms with Crippen molar-refractivity contribution in [1.29, 1.82) is 0 Å². The van der Waals surface area contributed by atoms with Crippen LogP contribution in [0.15, 0.2) is 18.2 Å². The maximum Gasteiger partial charge on any atom is 0.141 e. The van der Waals surface area contributed by atoms with Crippen molar-refractivity contribution in [3.63, 3.8) is 0 Å². The molecule has 2 rings (SSSR count). The average Bonchev–Trinajstić information content (AvgIpc) is 2.56. The number of thiophene rings is 1. The number of halogens is 1. The van der Waals surface area contributed by atoms with Gasteiger partial charge in [0.05, 0.1) is 4.70 Å². The van der Waals surface area contributed by atoms with Crippen LogP contribution in [-0.2, 0) is 6.42 Å². The molecule has 68 valence electrons. The summed E-state index contributed by atoms with van der Waals surface area (Å²) in [5.74, 6) is -0.0923. The van der Waals surface area contributed by atoms with Crippen LogP contribution in [0.4, 0.5) is 4.39 Å². The average molecular weight is 194 g/mol. The second-order valence-electron chi connectivity index (χ2n) is 3.17. The summed E-state index contributed by atoms with van der Waals surface area (Å²) >= 11 is 1.56. The lowest BCUT2D eigenvalue weighted by atomic mass is 10.1. The third kappa shape index (κ3) is 1.35. The van der Waals surface area contributed by atoms with Crippen molar-refractivity contribution in [2.24, 2.45) is 0 Å². The Kier molecular flexibility index (Phi) is 2.08. The Morgan fingerprint density at radius 1 is 1.38 bits per heavy atom. The van der Waals surface area contributed by atoms with E-state index in [4.69, 9.17) is 0 Å². The standard InChI is InChI=1S/C11H11FS/c1-3-8-6-9-7(2)4-5-10(12)11(9)13-8/h4-6H,3H2,1-2H3. The zero-order valence-corrected chi connectivity index (χ0v) is 8.54. The minimum absolute atomic E-state index is 0.0923. The number of benzene rings is 1. The van der Waals surface area contributed by atoms with E-state index in [1.807, 2.05) is 13.0 Å². The first-order valence-corrected chi connectivity index (χ1v) is 5.21. The summed E-state index contributed by atoms with van der Waals surface area (Å²) in [4.78, 5) is 1.25. The predicted molar refractivity (Wildman–Crippen MR) is 55.9 cm³/mol. The molecular weight excluding hydrogens is 183 g/mol. The summed E-state index contributed by atoms with van der Waals surface area (Å²) in [6, 6.07) is 5.48. The molecule has 2 aromatic rings. The fraction of sp³-hybridized carbons (Fsp3) is 0.273. The largest absolute Gasteiger partial charge is 0.205 e. The van der Waals surface area contributed by atoms with Gasteiger partial charge in [0.2, 0.25) is 0 Å². The molecule has 2 heteroatoms. The van der Waals surface area contributed by atoms with Crippen molar-refractivity contribution in [2.45, 2.75) is 20.3 Å². The minimum atomic E-state index is -0.0923. The predicted octanol–water partition coefficient (Wildman–Crippen LogP) is 3.91. The summed E-state index contributed by atoms with van der Waals surface area (Å²) in [5.41, 5.74) is 1.16. The lowest BCUT2D eigenvalue weighted by molar-refractivity contribution is 0.641. The number of rotatable bonds is 1. The third-order valence-electron chi connectivity index (χ3n) is 2.25. The molecule has 0 atom stereocenters. The minimum Gasteiger partial charge on any atom is -0.205 e. The van der Waals surface area contributed by atoms with E-state index in [0.29, 0.717) is 0 Å². The molecule has 0 N–H and O–H groups in total. The van der Waals surface area contributed by atoms with E-state index < -0.39 is 0 Å². The molecular formula is C11H11FS. The summed E-state index contributed by atoms with van der Waals surface area (Å²) in [5, 5.41) is 1.07. The van der Waals surface area contributed by atoms with Gasteiger partial charge in [-0.05, 0) is 36.4 Å². The van der Waals surface area contributed by atoms with Gasteiger partial charge in [-0.1, -0.05) is 13.0 Å². The molecule has 1 aromatic carbocycles. The van der Waals surface area contributed by atoms with E-state index >= 15 is 0 Å². The molecule has 0 aliphatic carbocycles. The Morgan fingerprint density at radius 3 is 2.77 bits per heavy atom. The van der Waals surface area contributed by atoms with E-state index in [0.717, 1.165) is 22.1 Å². The fourth-order valence-corrected chi connectivity index (χ4v) is 2.53. The maximum atomic E-state index is 13.3. The van der Waals surface area contributed by atoms with Crippen molar-refractivity contribution in [3.05, 3.63) is 34.5 Å². The number of hydrogen-bond acceptors (Lipinski definition) is 1. The molecule has 0 amide bonds. The van der Waals surface area contributed by atoms with Crippen molar-refractivity contribution >= 4 is 21.4 Å². The quantitative estimate of drug-likeness (QED) is 0.645. The van der Waals surface area contributed by atoms with Crippen molar-refractivity contribution in [3.8, 4) is 0 Å². The molecule has 0 saturated carbocycles. The Balaban J connectivity index is 2.80. The van der Waals surface area contributed by atoms with Gasteiger partial charge in [-0.25, -0.2) is 4.39 Å². The zero-order valence-electron chi connectivity index (χ0n) is 7.73. The van der Waals surface area contributed by atoms with Crippen LogP contribution in [0.1, 0.15) is 17.4 Å². The Hall–Kier alpha value is -0.890. The highest BCUT2D eigenvalue weighted by Gasteiger charge is 2.06. The van der Waals surface area contributed by atoms with Crippen LogP contribution in [0.3, 0.4) is 0 Å². The van der Waals surface area contributed by atoms with E-state index in [1.54, 1.807) is 17.4 Å². The van der Waals surface area contributed by atoms with Crippen LogP contribution in [0.5, 0.6) is 0 Å². The second-order valence-corrected chi connectivity index (χ2v) is 4.31. The van der Waals surface area contributed by atoms with Gasteiger partial charge in [-0.3, -0.25) is 0 Å². The molecule has 0 aliphatic rings. The molecule has 1 heterocycles. The lowest BCUT2D eigenvalue weighted by Gasteiger charge is -1.95. The molecule has 0 bridgehead atoms. The summed E-state index contributed by atoms with van der Waals surface area (Å²) < 4.78 is 14.1. The van der Waals surface area contributed by atoms with Crippen LogP contribution in [0.2, 0.25) is 0 Å². The first kappa shape index (κ1) is 8.70. The highest BCUT2D eigenvalue weighted by molar-refractivity contribution is 7.19. The van der Waals surface area contributed by atoms with Crippen molar-refractivity contribution in [2.75, 3.05) is 0 Å². The van der Waals surface area contributed by atoms with Crippen LogP contribution in [0, 0.1) is 12.7 Å². The number of aryl methyl sites for hydroxylation is 2. The zero-order chi connectivity index (χ0) is 9.42. The molecule has 0 saturated heterocycles. The van der Waals surface area contributed by atoms with Gasteiger partial charge in [0.1, 0.15) is 5.82 Å². The van der Waals surface area contributed by atoms with Gasteiger partial charge in [-0.15, -0.1) is 11.3 Å². The van der Waals surface area contributed by atoms with Crippen LogP contribution in [-0.4, -0.2) is 0 Å². The molecule has 0 fully saturated rings. The van der Waals surface area contributed by atoms with Crippen LogP contribution >= 0.6 is 11.3 Å². The van der Waals surface area contributed by atoms with Gasteiger partial charge in [0, 0.05) is 4.88 Å². The summed E-state index contributed by atoms with van der Waals surface area (Å²) in [6.07, 6.45) is 0.984. The van der Waals surface area contributed by atoms with Crippen molar-refractivity contribution < 1.29 is 4.39 Å². The molecule has 13 heavy (non-hydrogen) atoms. The monoisotopic (exact) mass is 194 g/mol. The maximum absolute atomic E-state index is 13.3. The number of fused-ring (bicyclic) bond motifs is 1. The normalized spacial score (nSPS) is 11.0. The van der Waals surface area contributed by atoms with E-state index in [1.165, 1.54) is 4.88 Å². The summed E-state index contributed by atoms with van der Waals surface area (Å²) in [7, 11) is 0. The van der Waals surface area contributed by atoms with Gasteiger partial charge in [-0.2, -0.15) is 0 Å². The van der Waals surface area contributed by atoms with E-state index in [9.17, 15) is 4.39 Å². The molecule has 0 nitrogen and oxygen atoms in total.